The molecule has 1 aromatic rings. The lowest BCUT2D eigenvalue weighted by molar-refractivity contribution is -0.134. The van der Waals surface area contributed by atoms with Gasteiger partial charge in [0.2, 0.25) is 0 Å². The Morgan fingerprint density at radius 1 is 1.60 bits per heavy atom. The molecule has 1 aromatic carbocycles. The van der Waals surface area contributed by atoms with E-state index < -0.39 is 5.97 Å². The standard InChI is InChI=1S/C11H13NO3/c1-15-11(14)5-3-8-2-4-10(12)9(6-8)7-13/h2-6,13H,7,12H2,1H3. The number of esters is 1. The fourth-order valence-corrected chi connectivity index (χ4v) is 1.10. The van der Waals surface area contributed by atoms with Crippen LogP contribution in [0.4, 0.5) is 5.69 Å². The third kappa shape index (κ3) is 3.11. The van der Waals surface area contributed by atoms with Crippen molar-refractivity contribution in [3.8, 4) is 0 Å². The SMILES string of the molecule is COC(=O)C=Cc1ccc(N)c(CO)c1. The fourth-order valence-electron chi connectivity index (χ4n) is 1.10. The number of carbonyl (C=O) groups is 1. The van der Waals surface area contributed by atoms with Crippen LogP contribution in [0, 0.1) is 0 Å². The van der Waals surface area contributed by atoms with Crippen molar-refractivity contribution in [2.75, 3.05) is 12.8 Å². The zero-order valence-electron chi connectivity index (χ0n) is 8.43. The second-order valence-corrected chi connectivity index (χ2v) is 2.97. The number of hydrogen-bond acceptors (Lipinski definition) is 4. The van der Waals surface area contributed by atoms with Crippen molar-refractivity contribution in [3.63, 3.8) is 0 Å². The highest BCUT2D eigenvalue weighted by Gasteiger charge is 1.98. The van der Waals surface area contributed by atoms with Crippen molar-refractivity contribution >= 4 is 17.7 Å². The molecule has 0 bridgehead atoms. The minimum atomic E-state index is -0.419. The van der Waals surface area contributed by atoms with Gasteiger partial charge in [-0.25, -0.2) is 4.79 Å². The molecule has 0 atom stereocenters. The number of carbonyl (C=O) groups excluding carboxylic acids is 1. The molecule has 0 aromatic heterocycles. The number of ether oxygens (including phenoxy) is 1. The molecule has 0 heterocycles. The Balaban J connectivity index is 2.87. The summed E-state index contributed by atoms with van der Waals surface area (Å²) in [5.74, 6) is -0.419. The van der Waals surface area contributed by atoms with Crippen molar-refractivity contribution in [2.45, 2.75) is 6.61 Å². The van der Waals surface area contributed by atoms with E-state index >= 15 is 0 Å². The molecule has 0 radical (unpaired) electrons. The van der Waals surface area contributed by atoms with E-state index in [1.165, 1.54) is 13.2 Å². The molecule has 0 aliphatic heterocycles. The number of aliphatic hydroxyl groups excluding tert-OH is 1. The van der Waals surface area contributed by atoms with Gasteiger partial charge in [0.15, 0.2) is 0 Å². The molecule has 0 saturated carbocycles. The molecule has 0 saturated heterocycles. The summed E-state index contributed by atoms with van der Waals surface area (Å²) in [6.45, 7) is -0.119. The van der Waals surface area contributed by atoms with Gasteiger partial charge in [-0.15, -0.1) is 0 Å². The number of aliphatic hydroxyl groups is 1. The Labute approximate surface area is 88.0 Å². The lowest BCUT2D eigenvalue weighted by Gasteiger charge is -2.02. The molecule has 4 nitrogen and oxygen atoms in total. The highest BCUT2D eigenvalue weighted by Crippen LogP contribution is 2.15. The quantitative estimate of drug-likeness (QED) is 0.439. The van der Waals surface area contributed by atoms with Gasteiger partial charge in [-0.2, -0.15) is 0 Å². The summed E-state index contributed by atoms with van der Waals surface area (Å²) in [7, 11) is 1.31. The number of hydrogen-bond donors (Lipinski definition) is 2. The van der Waals surface area contributed by atoms with E-state index in [0.29, 0.717) is 11.3 Å². The Kier molecular flexibility index (Phi) is 3.88. The van der Waals surface area contributed by atoms with Crippen LogP contribution < -0.4 is 5.73 Å². The fraction of sp³-hybridized carbons (Fsp3) is 0.182. The summed E-state index contributed by atoms with van der Waals surface area (Å²) in [5.41, 5.74) is 7.57. The zero-order valence-corrected chi connectivity index (χ0v) is 8.43. The number of nitrogens with two attached hydrogens (primary N) is 1. The van der Waals surface area contributed by atoms with Crippen LogP contribution >= 0.6 is 0 Å². The summed E-state index contributed by atoms with van der Waals surface area (Å²) in [6, 6.07) is 5.16. The third-order valence-electron chi connectivity index (χ3n) is 1.95. The highest BCUT2D eigenvalue weighted by molar-refractivity contribution is 5.87. The smallest absolute Gasteiger partial charge is 0.330 e. The normalized spacial score (nSPS) is 10.5. The first-order chi connectivity index (χ1) is 7.17. The molecule has 1 rings (SSSR count). The number of methoxy groups -OCH3 is 1. The van der Waals surface area contributed by atoms with Gasteiger partial charge in [0.05, 0.1) is 13.7 Å². The lowest BCUT2D eigenvalue weighted by atomic mass is 10.1. The molecule has 0 spiro atoms. The van der Waals surface area contributed by atoms with Crippen molar-refractivity contribution in [2.24, 2.45) is 0 Å². The number of benzene rings is 1. The van der Waals surface area contributed by atoms with Gasteiger partial charge >= 0.3 is 5.97 Å². The topological polar surface area (TPSA) is 72.5 Å². The van der Waals surface area contributed by atoms with Crippen LogP contribution in [-0.4, -0.2) is 18.2 Å². The molecular formula is C11H13NO3. The van der Waals surface area contributed by atoms with Gasteiger partial charge in [0.25, 0.3) is 0 Å². The molecular weight excluding hydrogens is 194 g/mol. The van der Waals surface area contributed by atoms with Crippen LogP contribution in [0.15, 0.2) is 24.3 Å². The van der Waals surface area contributed by atoms with Gasteiger partial charge in [-0.05, 0) is 23.8 Å². The van der Waals surface area contributed by atoms with Crippen LogP contribution in [0.3, 0.4) is 0 Å². The average molecular weight is 207 g/mol. The Morgan fingerprint density at radius 3 is 2.93 bits per heavy atom. The van der Waals surface area contributed by atoms with Gasteiger partial charge in [0.1, 0.15) is 0 Å². The number of anilines is 1. The van der Waals surface area contributed by atoms with Crippen molar-refractivity contribution in [1.82, 2.24) is 0 Å². The summed E-state index contributed by atoms with van der Waals surface area (Å²) in [4.78, 5) is 10.8. The molecule has 15 heavy (non-hydrogen) atoms. The van der Waals surface area contributed by atoms with E-state index in [1.807, 2.05) is 0 Å². The molecule has 3 N–H and O–H groups in total. The van der Waals surface area contributed by atoms with Crippen molar-refractivity contribution in [1.29, 1.82) is 0 Å². The van der Waals surface area contributed by atoms with Gasteiger partial charge < -0.3 is 15.6 Å². The Bertz CT molecular complexity index is 385. The maximum absolute atomic E-state index is 10.8. The van der Waals surface area contributed by atoms with Crippen molar-refractivity contribution < 1.29 is 14.6 Å². The minimum Gasteiger partial charge on any atom is -0.466 e. The molecule has 0 aliphatic carbocycles. The summed E-state index contributed by atoms with van der Waals surface area (Å²) in [5, 5.41) is 8.97. The Hall–Kier alpha value is -1.81. The molecule has 4 heteroatoms. The lowest BCUT2D eigenvalue weighted by Crippen LogP contribution is -1.95. The first kappa shape index (κ1) is 11.3. The maximum atomic E-state index is 10.8. The first-order valence-electron chi connectivity index (χ1n) is 4.42. The van der Waals surface area contributed by atoms with E-state index in [-0.39, 0.29) is 6.61 Å². The largest absolute Gasteiger partial charge is 0.466 e. The summed E-state index contributed by atoms with van der Waals surface area (Å²) < 4.78 is 4.45. The number of rotatable bonds is 3. The average Bonchev–Trinajstić information content (AvgIpc) is 2.27. The van der Waals surface area contributed by atoms with E-state index in [0.717, 1.165) is 5.56 Å². The van der Waals surface area contributed by atoms with Crippen LogP contribution in [-0.2, 0) is 16.1 Å². The van der Waals surface area contributed by atoms with Gasteiger partial charge in [0, 0.05) is 17.3 Å². The Morgan fingerprint density at radius 2 is 2.33 bits per heavy atom. The zero-order chi connectivity index (χ0) is 11.3. The van der Waals surface area contributed by atoms with Crippen LogP contribution in [0.2, 0.25) is 0 Å². The second-order valence-electron chi connectivity index (χ2n) is 2.97. The highest BCUT2D eigenvalue weighted by atomic mass is 16.5. The monoisotopic (exact) mass is 207 g/mol. The van der Waals surface area contributed by atoms with E-state index in [9.17, 15) is 4.79 Å². The third-order valence-corrected chi connectivity index (χ3v) is 1.95. The summed E-state index contributed by atoms with van der Waals surface area (Å²) >= 11 is 0. The molecule has 80 valence electrons. The molecule has 0 fully saturated rings. The van der Waals surface area contributed by atoms with E-state index in [4.69, 9.17) is 10.8 Å². The summed E-state index contributed by atoms with van der Waals surface area (Å²) in [6.07, 6.45) is 2.91. The van der Waals surface area contributed by atoms with Crippen LogP contribution in [0.5, 0.6) is 0 Å². The minimum absolute atomic E-state index is 0.119. The van der Waals surface area contributed by atoms with Crippen LogP contribution in [0.1, 0.15) is 11.1 Å². The predicted molar refractivity (Wildman–Crippen MR) is 57.8 cm³/mol. The number of nitrogen functional groups attached to an aromatic ring is 1. The maximum Gasteiger partial charge on any atom is 0.330 e. The molecule has 0 unspecified atom stereocenters. The van der Waals surface area contributed by atoms with E-state index in [1.54, 1.807) is 24.3 Å². The molecule has 0 aliphatic rings. The first-order valence-corrected chi connectivity index (χ1v) is 4.42. The predicted octanol–water partition coefficient (Wildman–Crippen LogP) is 0.947. The van der Waals surface area contributed by atoms with Gasteiger partial charge in [-0.3, -0.25) is 0 Å². The molecule has 0 amide bonds. The van der Waals surface area contributed by atoms with Gasteiger partial charge in [-0.1, -0.05) is 6.07 Å². The van der Waals surface area contributed by atoms with Crippen LogP contribution in [0.25, 0.3) is 6.08 Å². The van der Waals surface area contributed by atoms with Crippen molar-refractivity contribution in [3.05, 3.63) is 35.4 Å². The van der Waals surface area contributed by atoms with E-state index in [2.05, 4.69) is 4.74 Å². The second kappa shape index (κ2) is 5.17.